The largest absolute Gasteiger partial charge is 0.451 e. The van der Waals surface area contributed by atoms with Crippen molar-refractivity contribution >= 4 is 29.1 Å². The van der Waals surface area contributed by atoms with E-state index in [-0.39, 0.29) is 0 Å². The fourth-order valence-electron chi connectivity index (χ4n) is 2.56. The number of hydrogen-bond donors (Lipinski definition) is 1. The third-order valence-electron chi connectivity index (χ3n) is 3.71. The summed E-state index contributed by atoms with van der Waals surface area (Å²) in [5.74, 6) is -1.69. The predicted molar refractivity (Wildman–Crippen MR) is 84.5 cm³/mol. The lowest BCUT2D eigenvalue weighted by atomic mass is 10.2. The number of carbonyl (C=O) groups excluding carboxylic acids is 3. The van der Waals surface area contributed by atoms with E-state index >= 15 is 0 Å². The molecule has 2 heterocycles. The lowest BCUT2D eigenvalue weighted by Gasteiger charge is -2.05. The Kier molecular flexibility index (Phi) is 4.29. The zero-order valence-corrected chi connectivity index (χ0v) is 13.4. The minimum Gasteiger partial charge on any atom is -0.451 e. The van der Waals surface area contributed by atoms with Crippen LogP contribution < -0.4 is 5.32 Å². The van der Waals surface area contributed by atoms with Crippen molar-refractivity contribution in [3.63, 3.8) is 0 Å². The first kappa shape index (κ1) is 15.5. The van der Waals surface area contributed by atoms with Crippen molar-refractivity contribution in [3.8, 4) is 0 Å². The van der Waals surface area contributed by atoms with Crippen LogP contribution in [0.2, 0.25) is 0 Å². The fourth-order valence-corrected chi connectivity index (χ4v) is 3.70. The number of rotatable bonds is 4. The molecule has 0 radical (unpaired) electrons. The molecule has 1 aliphatic rings. The van der Waals surface area contributed by atoms with Crippen molar-refractivity contribution in [1.29, 1.82) is 0 Å². The summed E-state index contributed by atoms with van der Waals surface area (Å²) < 4.78 is 6.57. The second-order valence-electron chi connectivity index (χ2n) is 5.37. The van der Waals surface area contributed by atoms with Crippen molar-refractivity contribution in [3.05, 3.63) is 45.4 Å². The maximum absolute atomic E-state index is 11.9. The Morgan fingerprint density at radius 2 is 2.17 bits per heavy atom. The van der Waals surface area contributed by atoms with Crippen molar-refractivity contribution in [2.45, 2.75) is 19.3 Å². The number of thiophene rings is 1. The van der Waals surface area contributed by atoms with Gasteiger partial charge in [0.05, 0.1) is 0 Å². The molecule has 2 amide bonds. The van der Waals surface area contributed by atoms with E-state index in [1.807, 2.05) is 6.07 Å². The summed E-state index contributed by atoms with van der Waals surface area (Å²) in [6.07, 6.45) is 4.82. The molecule has 3 rings (SSSR count). The number of aromatic nitrogens is 1. The van der Waals surface area contributed by atoms with E-state index in [4.69, 9.17) is 4.74 Å². The molecule has 0 aliphatic heterocycles. The third-order valence-corrected chi connectivity index (χ3v) is 4.93. The first-order valence-corrected chi connectivity index (χ1v) is 8.10. The average molecular weight is 332 g/mol. The second-order valence-corrected chi connectivity index (χ2v) is 6.51. The maximum atomic E-state index is 11.9. The van der Waals surface area contributed by atoms with E-state index in [1.165, 1.54) is 21.8 Å². The highest BCUT2D eigenvalue weighted by molar-refractivity contribution is 7.14. The van der Waals surface area contributed by atoms with Crippen molar-refractivity contribution in [1.82, 2.24) is 9.88 Å². The number of nitrogens with one attached hydrogen (secondary N) is 1. The quantitative estimate of drug-likeness (QED) is 0.864. The molecule has 0 spiro atoms. The number of nitrogens with zero attached hydrogens (tertiary/aromatic N) is 1. The maximum Gasteiger partial charge on any atom is 0.348 e. The molecule has 0 fully saturated rings. The van der Waals surface area contributed by atoms with Gasteiger partial charge in [0, 0.05) is 18.1 Å². The van der Waals surface area contributed by atoms with E-state index in [2.05, 4.69) is 5.32 Å². The van der Waals surface area contributed by atoms with Gasteiger partial charge in [-0.25, -0.2) is 4.79 Å². The van der Waals surface area contributed by atoms with Crippen LogP contribution in [0.5, 0.6) is 0 Å². The SMILES string of the molecule is Cn1cccc1C(=O)NC(=O)COC(=O)c1cc2c(s1)CCC2. The summed E-state index contributed by atoms with van der Waals surface area (Å²) in [6.45, 7) is -0.475. The van der Waals surface area contributed by atoms with Gasteiger partial charge >= 0.3 is 5.97 Å². The summed E-state index contributed by atoms with van der Waals surface area (Å²) in [5.41, 5.74) is 1.56. The highest BCUT2D eigenvalue weighted by atomic mass is 32.1. The smallest absolute Gasteiger partial charge is 0.348 e. The topological polar surface area (TPSA) is 77.4 Å². The molecule has 1 aliphatic carbocycles. The molecule has 1 N–H and O–H groups in total. The summed E-state index contributed by atoms with van der Waals surface area (Å²) >= 11 is 1.42. The van der Waals surface area contributed by atoms with Crippen LogP contribution in [0.4, 0.5) is 0 Å². The first-order chi connectivity index (χ1) is 11.0. The van der Waals surface area contributed by atoms with Gasteiger partial charge in [-0.2, -0.15) is 0 Å². The number of esters is 1. The third kappa shape index (κ3) is 3.34. The van der Waals surface area contributed by atoms with Crippen LogP contribution in [-0.2, 0) is 29.4 Å². The Hall–Kier alpha value is -2.41. The molecule has 6 nitrogen and oxygen atoms in total. The van der Waals surface area contributed by atoms with E-state index < -0.39 is 24.4 Å². The van der Waals surface area contributed by atoms with Crippen LogP contribution in [-0.4, -0.2) is 29.0 Å². The molecule has 23 heavy (non-hydrogen) atoms. The lowest BCUT2D eigenvalue weighted by Crippen LogP contribution is -2.35. The van der Waals surface area contributed by atoms with E-state index in [9.17, 15) is 14.4 Å². The van der Waals surface area contributed by atoms with Crippen molar-refractivity contribution in [2.24, 2.45) is 7.05 Å². The van der Waals surface area contributed by atoms with Crippen LogP contribution in [0, 0.1) is 0 Å². The second kappa shape index (κ2) is 6.37. The Balaban J connectivity index is 1.51. The molecular weight excluding hydrogens is 316 g/mol. The van der Waals surface area contributed by atoms with Gasteiger partial charge in [0.1, 0.15) is 10.6 Å². The number of aryl methyl sites for hydroxylation is 3. The molecule has 0 unspecified atom stereocenters. The number of carbonyl (C=O) groups is 3. The zero-order valence-electron chi connectivity index (χ0n) is 12.6. The molecule has 0 saturated heterocycles. The molecule has 0 atom stereocenters. The van der Waals surface area contributed by atoms with Gasteiger partial charge in [0.2, 0.25) is 0 Å². The molecule has 2 aromatic rings. The predicted octanol–water partition coefficient (Wildman–Crippen LogP) is 1.69. The van der Waals surface area contributed by atoms with E-state index in [1.54, 1.807) is 29.9 Å². The minimum atomic E-state index is -0.645. The molecule has 0 saturated carbocycles. The lowest BCUT2D eigenvalue weighted by molar-refractivity contribution is -0.123. The molecule has 0 aromatic carbocycles. The Bertz CT molecular complexity index is 753. The summed E-state index contributed by atoms with van der Waals surface area (Å²) in [6, 6.07) is 5.14. The van der Waals surface area contributed by atoms with Crippen LogP contribution in [0.25, 0.3) is 0 Å². The van der Waals surface area contributed by atoms with Crippen molar-refractivity contribution in [2.75, 3.05) is 6.61 Å². The number of ether oxygens (including phenoxy) is 1. The van der Waals surface area contributed by atoms with Gasteiger partial charge in [-0.05, 0) is 43.0 Å². The molecule has 0 bridgehead atoms. The van der Waals surface area contributed by atoms with E-state index in [0.717, 1.165) is 19.3 Å². The van der Waals surface area contributed by atoms with Crippen LogP contribution in [0.1, 0.15) is 37.0 Å². The Labute approximate surface area is 137 Å². The highest BCUT2D eigenvalue weighted by Crippen LogP contribution is 2.30. The van der Waals surface area contributed by atoms with Gasteiger partial charge in [-0.15, -0.1) is 11.3 Å². The zero-order chi connectivity index (χ0) is 16.4. The highest BCUT2D eigenvalue weighted by Gasteiger charge is 2.20. The molecular formula is C16H16N2O4S. The summed E-state index contributed by atoms with van der Waals surface area (Å²) in [5, 5.41) is 2.20. The minimum absolute atomic E-state index is 0.361. The first-order valence-electron chi connectivity index (χ1n) is 7.29. The Morgan fingerprint density at radius 1 is 1.35 bits per heavy atom. The van der Waals surface area contributed by atoms with Crippen molar-refractivity contribution < 1.29 is 19.1 Å². The van der Waals surface area contributed by atoms with Crippen LogP contribution in [0.15, 0.2) is 24.4 Å². The number of hydrogen-bond acceptors (Lipinski definition) is 5. The van der Waals surface area contributed by atoms with E-state index in [0.29, 0.717) is 10.6 Å². The molecule has 7 heteroatoms. The standard InChI is InChI=1S/C16H16N2O4S/c1-18-7-3-5-11(18)15(20)17-14(19)9-22-16(21)13-8-10-4-2-6-12(10)23-13/h3,5,7-8H,2,4,6,9H2,1H3,(H,17,19,20). The summed E-state index contributed by atoms with van der Waals surface area (Å²) in [7, 11) is 1.70. The Morgan fingerprint density at radius 3 is 2.87 bits per heavy atom. The van der Waals surface area contributed by atoms with Gasteiger partial charge in [-0.1, -0.05) is 0 Å². The monoisotopic (exact) mass is 332 g/mol. The molecule has 120 valence electrons. The average Bonchev–Trinajstić information content (AvgIpc) is 3.19. The van der Waals surface area contributed by atoms with Gasteiger partial charge in [0.15, 0.2) is 6.61 Å². The van der Waals surface area contributed by atoms with Crippen LogP contribution in [0.3, 0.4) is 0 Å². The summed E-state index contributed by atoms with van der Waals surface area (Å²) in [4.78, 5) is 37.3. The number of imide groups is 1. The van der Waals surface area contributed by atoms with Gasteiger partial charge in [-0.3, -0.25) is 14.9 Å². The fraction of sp³-hybridized carbons (Fsp3) is 0.312. The van der Waals surface area contributed by atoms with Gasteiger partial charge < -0.3 is 9.30 Å². The normalized spacial score (nSPS) is 12.7. The number of fused-ring (bicyclic) bond motifs is 1. The number of amides is 2. The molecule has 2 aromatic heterocycles. The van der Waals surface area contributed by atoms with Crippen LogP contribution >= 0.6 is 11.3 Å². The van der Waals surface area contributed by atoms with Gasteiger partial charge in [0.25, 0.3) is 11.8 Å².